The monoisotopic (exact) mass is 566 g/mol. The van der Waals surface area contributed by atoms with Gasteiger partial charge < -0.3 is 15.0 Å². The number of carbonyl (C=O) groups excluding carboxylic acids is 4. The molecule has 0 saturated carbocycles. The third-order valence-electron chi connectivity index (χ3n) is 6.89. The van der Waals surface area contributed by atoms with Crippen molar-refractivity contribution in [3.63, 3.8) is 0 Å². The highest BCUT2D eigenvalue weighted by molar-refractivity contribution is 8.04. The normalized spacial score (nSPS) is 19.8. The Balaban J connectivity index is 1.29. The minimum atomic E-state index is -4.53. The molecule has 0 aliphatic carbocycles. The van der Waals surface area contributed by atoms with Gasteiger partial charge in [-0.2, -0.15) is 4.31 Å². The fourth-order valence-electron chi connectivity index (χ4n) is 5.08. The number of nitrogens with one attached hydrogen (secondary N) is 1. The lowest BCUT2D eigenvalue weighted by Crippen LogP contribution is -2.53. The fraction of sp³-hybridized carbons (Fsp3) is 0.346. The predicted molar refractivity (Wildman–Crippen MR) is 140 cm³/mol. The van der Waals surface area contributed by atoms with E-state index in [1.54, 1.807) is 24.3 Å². The van der Waals surface area contributed by atoms with Crippen LogP contribution in [0.2, 0.25) is 0 Å². The number of nitrogens with zero attached hydrogens (tertiary/aromatic N) is 5. The molecule has 14 heteroatoms. The summed E-state index contributed by atoms with van der Waals surface area (Å²) < 4.78 is 32.4. The second-order valence-electron chi connectivity index (χ2n) is 9.45. The first kappa shape index (κ1) is 27.3. The van der Waals surface area contributed by atoms with Gasteiger partial charge in [0.15, 0.2) is 5.78 Å². The van der Waals surface area contributed by atoms with Crippen LogP contribution < -0.4 is 10.1 Å². The van der Waals surface area contributed by atoms with Gasteiger partial charge in [-0.25, -0.2) is 23.2 Å². The largest absolute Gasteiger partial charge is 0.414 e. The lowest BCUT2D eigenvalue weighted by molar-refractivity contribution is -0.138. The number of ether oxygens (including phenoxy) is 1. The first-order valence-electron chi connectivity index (χ1n) is 12.7. The number of ketones is 1. The van der Waals surface area contributed by atoms with Crippen molar-refractivity contribution in [2.24, 2.45) is 0 Å². The number of hydrogen-bond donors (Lipinski definition) is 1. The summed E-state index contributed by atoms with van der Waals surface area (Å²) in [7, 11) is -4.53. The van der Waals surface area contributed by atoms with Gasteiger partial charge in [-0.1, -0.05) is 25.5 Å². The number of amides is 2. The molecule has 3 aromatic rings. The molecule has 2 saturated heterocycles. The highest BCUT2D eigenvalue weighted by atomic mass is 32.2. The van der Waals surface area contributed by atoms with Gasteiger partial charge in [-0.05, 0) is 37.1 Å². The summed E-state index contributed by atoms with van der Waals surface area (Å²) in [5, 5.41) is 1.38. The van der Waals surface area contributed by atoms with Gasteiger partial charge in [0.2, 0.25) is 11.8 Å². The zero-order valence-corrected chi connectivity index (χ0v) is 22.3. The van der Waals surface area contributed by atoms with Crippen LogP contribution in [0.1, 0.15) is 36.5 Å². The molecule has 0 radical (unpaired) electrons. The van der Waals surface area contributed by atoms with Crippen molar-refractivity contribution < 1.29 is 32.3 Å². The summed E-state index contributed by atoms with van der Waals surface area (Å²) in [6.45, 7) is 1.38. The van der Waals surface area contributed by atoms with Crippen LogP contribution >= 0.6 is 0 Å². The number of rotatable bonds is 7. The molecule has 40 heavy (non-hydrogen) atoms. The molecule has 13 nitrogen and oxygen atoms in total. The molecular weight excluding hydrogens is 540 g/mol. The lowest BCUT2D eigenvalue weighted by atomic mass is 10.1. The molecular formula is C26H26N6O7S. The SMILES string of the molecule is CCCC(NC(=O)Oc1cnc2ccccc2n1)C(=O)N1CCC2C1C(=O)CN2S(=O)(=O)C(=O)c1cccnc1. The molecule has 2 aliphatic heterocycles. The van der Waals surface area contributed by atoms with E-state index in [-0.39, 0.29) is 30.8 Å². The fourth-order valence-corrected chi connectivity index (χ4v) is 6.59. The maximum atomic E-state index is 13.5. The number of likely N-dealkylation sites (tertiary alicyclic amines) is 1. The molecule has 2 aliphatic rings. The molecule has 208 valence electrons. The number of hydrogen-bond acceptors (Lipinski definition) is 10. The van der Waals surface area contributed by atoms with E-state index >= 15 is 0 Å². The Bertz CT molecular complexity index is 1580. The van der Waals surface area contributed by atoms with Crippen molar-refractivity contribution in [1.82, 2.24) is 29.5 Å². The van der Waals surface area contributed by atoms with Gasteiger partial charge in [0.25, 0.3) is 15.1 Å². The number of Topliss-reactive ketones (excluding diaryl/α,β-unsaturated/α-hetero) is 1. The van der Waals surface area contributed by atoms with Crippen LogP contribution in [0.15, 0.2) is 55.0 Å². The summed E-state index contributed by atoms with van der Waals surface area (Å²) in [4.78, 5) is 65.4. The van der Waals surface area contributed by atoms with Gasteiger partial charge in [-0.3, -0.25) is 19.4 Å². The lowest BCUT2D eigenvalue weighted by Gasteiger charge is -2.27. The summed E-state index contributed by atoms with van der Waals surface area (Å²) in [5.41, 5.74) is 1.03. The Morgan fingerprint density at radius 1 is 1.12 bits per heavy atom. The smallest absolute Gasteiger partial charge is 0.390 e. The van der Waals surface area contributed by atoms with Crippen LogP contribution in [-0.2, 0) is 19.6 Å². The summed E-state index contributed by atoms with van der Waals surface area (Å²) in [6.07, 6.45) is 3.87. The van der Waals surface area contributed by atoms with Crippen LogP contribution in [0.3, 0.4) is 0 Å². The number of sulfonamides is 1. The van der Waals surface area contributed by atoms with Crippen molar-refractivity contribution in [2.45, 2.75) is 44.3 Å². The van der Waals surface area contributed by atoms with Crippen molar-refractivity contribution in [3.05, 3.63) is 60.6 Å². The second kappa shape index (κ2) is 11.1. The van der Waals surface area contributed by atoms with Crippen LogP contribution in [0, 0.1) is 0 Å². The Kier molecular flexibility index (Phi) is 7.54. The maximum absolute atomic E-state index is 13.5. The van der Waals surface area contributed by atoms with Crippen LogP contribution in [0.5, 0.6) is 5.88 Å². The van der Waals surface area contributed by atoms with E-state index in [0.29, 0.717) is 17.5 Å². The van der Waals surface area contributed by atoms with Crippen LogP contribution in [-0.4, -0.2) is 86.7 Å². The van der Waals surface area contributed by atoms with E-state index in [2.05, 4.69) is 20.3 Å². The third kappa shape index (κ3) is 5.14. The van der Waals surface area contributed by atoms with E-state index in [1.165, 1.54) is 29.4 Å². The highest BCUT2D eigenvalue weighted by Crippen LogP contribution is 2.33. The van der Waals surface area contributed by atoms with E-state index in [9.17, 15) is 27.6 Å². The summed E-state index contributed by atoms with van der Waals surface area (Å²) in [5.74, 6) is -1.09. The molecule has 5 rings (SSSR count). The van der Waals surface area contributed by atoms with Gasteiger partial charge in [0.05, 0.1) is 35.4 Å². The average Bonchev–Trinajstić information content (AvgIpc) is 3.54. The van der Waals surface area contributed by atoms with Crippen molar-refractivity contribution >= 4 is 44.0 Å². The molecule has 4 heterocycles. The summed E-state index contributed by atoms with van der Waals surface area (Å²) in [6, 6.07) is 6.84. The van der Waals surface area contributed by atoms with Gasteiger partial charge >= 0.3 is 6.09 Å². The third-order valence-corrected chi connectivity index (χ3v) is 8.61. The van der Waals surface area contributed by atoms with Gasteiger partial charge in [0.1, 0.15) is 12.1 Å². The molecule has 3 atom stereocenters. The first-order chi connectivity index (χ1) is 19.2. The minimum Gasteiger partial charge on any atom is -0.390 e. The molecule has 2 fully saturated rings. The number of aromatic nitrogens is 3. The summed E-state index contributed by atoms with van der Waals surface area (Å²) >= 11 is 0. The zero-order valence-electron chi connectivity index (χ0n) is 21.5. The quantitative estimate of drug-likeness (QED) is 0.440. The Morgan fingerprint density at radius 3 is 2.62 bits per heavy atom. The minimum absolute atomic E-state index is 0.0507. The van der Waals surface area contributed by atoms with E-state index in [4.69, 9.17) is 4.74 Å². The first-order valence-corrected chi connectivity index (χ1v) is 14.1. The number of carbonyl (C=O) groups is 4. The van der Waals surface area contributed by atoms with Gasteiger partial charge in [-0.15, -0.1) is 0 Å². The van der Waals surface area contributed by atoms with Crippen LogP contribution in [0.25, 0.3) is 11.0 Å². The highest BCUT2D eigenvalue weighted by Gasteiger charge is 2.55. The Hall–Kier alpha value is -4.30. The van der Waals surface area contributed by atoms with Crippen molar-refractivity contribution in [1.29, 1.82) is 0 Å². The topological polar surface area (TPSA) is 169 Å². The van der Waals surface area contributed by atoms with Crippen molar-refractivity contribution in [2.75, 3.05) is 13.1 Å². The average molecular weight is 567 g/mol. The molecule has 2 amide bonds. The van der Waals surface area contributed by atoms with E-state index in [1.807, 2.05) is 6.92 Å². The molecule has 1 N–H and O–H groups in total. The zero-order chi connectivity index (χ0) is 28.4. The molecule has 0 spiro atoms. The van der Waals surface area contributed by atoms with E-state index < -0.39 is 57.6 Å². The number of para-hydroxylation sites is 2. The Labute approximate surface area is 229 Å². The molecule has 2 aromatic heterocycles. The Morgan fingerprint density at radius 2 is 1.90 bits per heavy atom. The number of pyridine rings is 1. The van der Waals surface area contributed by atoms with E-state index in [0.717, 1.165) is 10.5 Å². The van der Waals surface area contributed by atoms with Crippen molar-refractivity contribution in [3.8, 4) is 5.88 Å². The standard InChI is InChI=1S/C26H26N6O7S/c1-2-6-19(30-26(36)39-22-14-28-17-8-3-4-9-18(17)29-22)24(34)31-12-10-20-23(31)21(33)15-32(20)40(37,38)25(35)16-7-5-11-27-13-16/h3-5,7-9,11,13-14,19-20,23H,2,6,10,12,15H2,1H3,(H,30,36). The molecule has 1 aromatic carbocycles. The second-order valence-corrected chi connectivity index (χ2v) is 11.2. The van der Waals surface area contributed by atoms with Gasteiger partial charge in [0, 0.05) is 18.9 Å². The molecule has 3 unspecified atom stereocenters. The number of fused-ring (bicyclic) bond motifs is 2. The predicted octanol–water partition coefficient (Wildman–Crippen LogP) is 1.31. The number of benzene rings is 1. The maximum Gasteiger partial charge on any atom is 0.414 e. The molecule has 0 bridgehead atoms. The van der Waals surface area contributed by atoms with Crippen LogP contribution in [0.4, 0.5) is 4.79 Å².